The number of carboxylic acids is 1. The molecule has 0 aromatic carbocycles. The molecule has 0 aromatic rings. The molecule has 0 bridgehead atoms. The number of carbonyl (C=O) groups is 2. The lowest BCUT2D eigenvalue weighted by Crippen LogP contribution is -2.49. The number of nitrogens with zero attached hydrogens (tertiary/aromatic N) is 1. The maximum atomic E-state index is 12.2. The van der Waals surface area contributed by atoms with Crippen molar-refractivity contribution in [3.8, 4) is 0 Å². The summed E-state index contributed by atoms with van der Waals surface area (Å²) in [6.45, 7) is 1.33. The molecule has 3 aliphatic rings. The van der Waals surface area contributed by atoms with Crippen LogP contribution in [0.5, 0.6) is 0 Å². The van der Waals surface area contributed by atoms with Crippen molar-refractivity contribution in [2.24, 2.45) is 17.8 Å². The van der Waals surface area contributed by atoms with Crippen molar-refractivity contribution in [3.05, 3.63) is 0 Å². The standard InChI is InChI=1S/C14H22N2O3/c17-13(18)12-11-6-2-5-10(11)8-16(12)14(19)15-7-9-3-1-4-9/h9-12H,1-8H2,(H,15,19)(H,17,18). The van der Waals surface area contributed by atoms with Gasteiger partial charge in [-0.1, -0.05) is 12.8 Å². The molecule has 1 heterocycles. The molecule has 3 unspecified atom stereocenters. The van der Waals surface area contributed by atoms with Gasteiger partial charge in [-0.3, -0.25) is 0 Å². The van der Waals surface area contributed by atoms with E-state index in [-0.39, 0.29) is 11.9 Å². The number of urea groups is 1. The fourth-order valence-electron chi connectivity index (χ4n) is 3.86. The van der Waals surface area contributed by atoms with Crippen LogP contribution in [0.4, 0.5) is 4.79 Å². The van der Waals surface area contributed by atoms with Gasteiger partial charge in [0.2, 0.25) is 0 Å². The average molecular weight is 266 g/mol. The molecular formula is C14H22N2O3. The first kappa shape index (κ1) is 12.8. The molecule has 2 aliphatic carbocycles. The third-order valence-corrected chi connectivity index (χ3v) is 5.17. The summed E-state index contributed by atoms with van der Waals surface area (Å²) < 4.78 is 0. The third-order valence-electron chi connectivity index (χ3n) is 5.17. The minimum Gasteiger partial charge on any atom is -0.480 e. The Morgan fingerprint density at radius 2 is 1.89 bits per heavy atom. The second-order valence-corrected chi connectivity index (χ2v) is 6.27. The van der Waals surface area contributed by atoms with Crippen LogP contribution in [0.25, 0.3) is 0 Å². The number of amides is 2. The van der Waals surface area contributed by atoms with Crippen LogP contribution in [-0.2, 0) is 4.79 Å². The van der Waals surface area contributed by atoms with E-state index in [2.05, 4.69) is 5.32 Å². The first-order valence-corrected chi connectivity index (χ1v) is 7.44. The molecule has 106 valence electrons. The summed E-state index contributed by atoms with van der Waals surface area (Å²) in [6, 6.07) is -0.775. The molecule has 0 aromatic heterocycles. The van der Waals surface area contributed by atoms with Gasteiger partial charge in [-0.2, -0.15) is 0 Å². The molecule has 2 amide bonds. The van der Waals surface area contributed by atoms with E-state index in [1.54, 1.807) is 4.90 Å². The number of carbonyl (C=O) groups excluding carboxylic acids is 1. The van der Waals surface area contributed by atoms with Gasteiger partial charge in [0.15, 0.2) is 0 Å². The third kappa shape index (κ3) is 2.30. The van der Waals surface area contributed by atoms with Crippen molar-refractivity contribution < 1.29 is 14.7 Å². The highest BCUT2D eigenvalue weighted by atomic mass is 16.4. The van der Waals surface area contributed by atoms with Crippen LogP contribution in [0.2, 0.25) is 0 Å². The number of rotatable bonds is 3. The van der Waals surface area contributed by atoms with Crippen molar-refractivity contribution in [2.75, 3.05) is 13.1 Å². The zero-order valence-corrected chi connectivity index (χ0v) is 11.2. The fourth-order valence-corrected chi connectivity index (χ4v) is 3.86. The molecule has 3 atom stereocenters. The van der Waals surface area contributed by atoms with Gasteiger partial charge >= 0.3 is 12.0 Å². The second-order valence-electron chi connectivity index (χ2n) is 6.27. The first-order chi connectivity index (χ1) is 9.16. The van der Waals surface area contributed by atoms with Crippen molar-refractivity contribution in [3.63, 3.8) is 0 Å². The molecule has 2 N–H and O–H groups in total. The van der Waals surface area contributed by atoms with Gasteiger partial charge in [-0.25, -0.2) is 9.59 Å². The molecule has 19 heavy (non-hydrogen) atoms. The number of fused-ring (bicyclic) bond motifs is 1. The summed E-state index contributed by atoms with van der Waals surface area (Å²) in [7, 11) is 0. The zero-order valence-electron chi connectivity index (χ0n) is 11.2. The topological polar surface area (TPSA) is 69.6 Å². The Morgan fingerprint density at radius 1 is 1.16 bits per heavy atom. The number of hydrogen-bond donors (Lipinski definition) is 2. The SMILES string of the molecule is O=C(O)C1C2CCCC2CN1C(=O)NCC1CCC1. The predicted octanol–water partition coefficient (Wildman–Crippen LogP) is 1.68. The molecule has 1 saturated heterocycles. The molecule has 0 spiro atoms. The molecule has 2 saturated carbocycles. The highest BCUT2D eigenvalue weighted by Gasteiger charge is 2.49. The Balaban J connectivity index is 1.61. The lowest BCUT2D eigenvalue weighted by Gasteiger charge is -2.29. The van der Waals surface area contributed by atoms with Gasteiger partial charge in [-0.05, 0) is 43.4 Å². The van der Waals surface area contributed by atoms with E-state index in [9.17, 15) is 14.7 Å². The van der Waals surface area contributed by atoms with Crippen LogP contribution >= 0.6 is 0 Å². The minimum atomic E-state index is -0.840. The Labute approximate surface area is 113 Å². The van der Waals surface area contributed by atoms with E-state index in [0.717, 1.165) is 19.3 Å². The van der Waals surface area contributed by atoms with Crippen LogP contribution in [0.15, 0.2) is 0 Å². The van der Waals surface area contributed by atoms with Gasteiger partial charge < -0.3 is 15.3 Å². The number of aliphatic carboxylic acids is 1. The van der Waals surface area contributed by atoms with Crippen LogP contribution in [0.3, 0.4) is 0 Å². The van der Waals surface area contributed by atoms with Crippen LogP contribution in [0, 0.1) is 17.8 Å². The van der Waals surface area contributed by atoms with E-state index in [1.807, 2.05) is 0 Å². The lowest BCUT2D eigenvalue weighted by molar-refractivity contribution is -0.142. The molecule has 3 rings (SSSR count). The predicted molar refractivity (Wildman–Crippen MR) is 69.7 cm³/mol. The summed E-state index contributed by atoms with van der Waals surface area (Å²) in [6.07, 6.45) is 6.76. The number of likely N-dealkylation sites (tertiary alicyclic amines) is 1. The number of hydrogen-bond acceptors (Lipinski definition) is 2. The number of nitrogens with one attached hydrogen (secondary N) is 1. The van der Waals surface area contributed by atoms with E-state index >= 15 is 0 Å². The summed E-state index contributed by atoms with van der Waals surface area (Å²) in [5.41, 5.74) is 0. The fraction of sp³-hybridized carbons (Fsp3) is 0.857. The summed E-state index contributed by atoms with van der Waals surface area (Å²) in [5.74, 6) is 0.338. The molecule has 0 radical (unpaired) electrons. The lowest BCUT2D eigenvalue weighted by atomic mass is 9.85. The summed E-state index contributed by atoms with van der Waals surface area (Å²) in [5, 5.41) is 12.3. The second kappa shape index (κ2) is 5.02. The van der Waals surface area contributed by atoms with Gasteiger partial charge in [-0.15, -0.1) is 0 Å². The smallest absolute Gasteiger partial charge is 0.326 e. The summed E-state index contributed by atoms with van der Waals surface area (Å²) in [4.78, 5) is 25.2. The highest BCUT2D eigenvalue weighted by Crippen LogP contribution is 2.42. The first-order valence-electron chi connectivity index (χ1n) is 7.44. The van der Waals surface area contributed by atoms with Gasteiger partial charge in [0, 0.05) is 13.1 Å². The highest BCUT2D eigenvalue weighted by molar-refractivity contribution is 5.83. The Morgan fingerprint density at radius 3 is 2.53 bits per heavy atom. The van der Waals surface area contributed by atoms with E-state index in [0.29, 0.717) is 24.9 Å². The molecule has 5 nitrogen and oxygen atoms in total. The average Bonchev–Trinajstić information content (AvgIpc) is 2.84. The normalized spacial score (nSPS) is 33.9. The maximum absolute atomic E-state index is 12.2. The van der Waals surface area contributed by atoms with Gasteiger partial charge in [0.1, 0.15) is 6.04 Å². The van der Waals surface area contributed by atoms with E-state index < -0.39 is 12.0 Å². The zero-order chi connectivity index (χ0) is 13.4. The van der Waals surface area contributed by atoms with Crippen molar-refractivity contribution >= 4 is 12.0 Å². The molecular weight excluding hydrogens is 244 g/mol. The quantitative estimate of drug-likeness (QED) is 0.816. The van der Waals surface area contributed by atoms with Gasteiger partial charge in [0.05, 0.1) is 0 Å². The Hall–Kier alpha value is -1.26. The number of carboxylic acid groups (broad SMARTS) is 1. The Kier molecular flexibility index (Phi) is 3.37. The molecule has 3 fully saturated rings. The largest absolute Gasteiger partial charge is 0.480 e. The van der Waals surface area contributed by atoms with Gasteiger partial charge in [0.25, 0.3) is 0 Å². The molecule has 5 heteroatoms. The van der Waals surface area contributed by atoms with Crippen molar-refractivity contribution in [2.45, 2.75) is 44.6 Å². The van der Waals surface area contributed by atoms with Crippen molar-refractivity contribution in [1.29, 1.82) is 0 Å². The van der Waals surface area contributed by atoms with Crippen molar-refractivity contribution in [1.82, 2.24) is 10.2 Å². The van der Waals surface area contributed by atoms with E-state index in [1.165, 1.54) is 19.3 Å². The maximum Gasteiger partial charge on any atom is 0.326 e. The van der Waals surface area contributed by atoms with Crippen LogP contribution < -0.4 is 5.32 Å². The monoisotopic (exact) mass is 266 g/mol. The molecule has 1 aliphatic heterocycles. The van der Waals surface area contributed by atoms with E-state index in [4.69, 9.17) is 0 Å². The summed E-state index contributed by atoms with van der Waals surface area (Å²) >= 11 is 0. The Bertz CT molecular complexity index is 381. The minimum absolute atomic E-state index is 0.172. The van der Waals surface area contributed by atoms with Crippen LogP contribution in [-0.4, -0.2) is 41.1 Å². The van der Waals surface area contributed by atoms with Crippen LogP contribution in [0.1, 0.15) is 38.5 Å².